The molecule has 0 saturated carbocycles. The van der Waals surface area contributed by atoms with Gasteiger partial charge in [-0.05, 0) is 24.1 Å². The number of benzene rings is 1. The molecule has 1 aromatic heterocycles. The molecule has 6 nitrogen and oxygen atoms in total. The summed E-state index contributed by atoms with van der Waals surface area (Å²) in [6.07, 6.45) is 2.55. The summed E-state index contributed by atoms with van der Waals surface area (Å²) in [7, 11) is 0. The van der Waals surface area contributed by atoms with Gasteiger partial charge in [-0.3, -0.25) is 10.1 Å². The molecule has 0 atom stereocenters. The maximum Gasteiger partial charge on any atom is 0.321 e. The average molecular weight is 337 g/mol. The number of carboxylic acids is 1. The Morgan fingerprint density at radius 1 is 1.35 bits per heavy atom. The standard InChI is InChI=1S/C15H16FN3O3S/c16-11-4-1-3-10(7-11)8-12-9-18-15(23-12)19-14(22)17-6-2-5-13(20)21/h1,3-4,7,9H,2,5-6,8H2,(H,20,21)(H2,17,18,19,22). The number of urea groups is 1. The summed E-state index contributed by atoms with van der Waals surface area (Å²) in [5, 5.41) is 14.1. The van der Waals surface area contributed by atoms with Crippen LogP contribution >= 0.6 is 11.3 Å². The van der Waals surface area contributed by atoms with Crippen LogP contribution in [0.3, 0.4) is 0 Å². The highest BCUT2D eigenvalue weighted by Gasteiger charge is 2.07. The van der Waals surface area contributed by atoms with Crippen LogP contribution in [0.4, 0.5) is 14.3 Å². The molecule has 0 radical (unpaired) electrons. The zero-order valence-corrected chi connectivity index (χ0v) is 13.0. The van der Waals surface area contributed by atoms with E-state index in [-0.39, 0.29) is 18.8 Å². The summed E-state index contributed by atoms with van der Waals surface area (Å²) in [4.78, 5) is 27.0. The van der Waals surface area contributed by atoms with Gasteiger partial charge in [0.1, 0.15) is 5.82 Å². The fourth-order valence-electron chi connectivity index (χ4n) is 1.88. The van der Waals surface area contributed by atoms with Gasteiger partial charge in [-0.15, -0.1) is 11.3 Å². The third-order valence-corrected chi connectivity index (χ3v) is 3.81. The Morgan fingerprint density at radius 3 is 2.91 bits per heavy atom. The van der Waals surface area contributed by atoms with Crippen LogP contribution < -0.4 is 10.6 Å². The third kappa shape index (κ3) is 6.03. The minimum atomic E-state index is -0.894. The van der Waals surface area contributed by atoms with Crippen molar-refractivity contribution in [3.8, 4) is 0 Å². The van der Waals surface area contributed by atoms with Crippen molar-refractivity contribution in [2.75, 3.05) is 11.9 Å². The summed E-state index contributed by atoms with van der Waals surface area (Å²) in [6, 6.07) is 5.89. The Kier molecular flexibility index (Phi) is 6.04. The van der Waals surface area contributed by atoms with Gasteiger partial charge in [-0.2, -0.15) is 0 Å². The van der Waals surface area contributed by atoms with Crippen LogP contribution in [0.15, 0.2) is 30.5 Å². The van der Waals surface area contributed by atoms with Gasteiger partial charge in [-0.25, -0.2) is 14.2 Å². The number of nitrogens with zero attached hydrogens (tertiary/aromatic N) is 1. The van der Waals surface area contributed by atoms with Gasteiger partial charge in [-0.1, -0.05) is 12.1 Å². The van der Waals surface area contributed by atoms with E-state index in [0.29, 0.717) is 18.0 Å². The summed E-state index contributed by atoms with van der Waals surface area (Å²) in [5.41, 5.74) is 0.832. The predicted octanol–water partition coefficient (Wildman–Crippen LogP) is 2.86. The van der Waals surface area contributed by atoms with E-state index in [1.165, 1.54) is 23.5 Å². The normalized spacial score (nSPS) is 10.3. The van der Waals surface area contributed by atoms with Crippen LogP contribution in [-0.2, 0) is 11.2 Å². The Hall–Kier alpha value is -2.48. The van der Waals surface area contributed by atoms with E-state index in [1.807, 2.05) is 6.07 Å². The van der Waals surface area contributed by atoms with Crippen molar-refractivity contribution >= 4 is 28.5 Å². The number of thiazole rings is 1. The minimum Gasteiger partial charge on any atom is -0.481 e. The molecule has 0 saturated heterocycles. The van der Waals surface area contributed by atoms with Crippen LogP contribution in [0.2, 0.25) is 0 Å². The molecule has 1 heterocycles. The monoisotopic (exact) mass is 337 g/mol. The lowest BCUT2D eigenvalue weighted by molar-refractivity contribution is -0.137. The fourth-order valence-corrected chi connectivity index (χ4v) is 2.72. The zero-order chi connectivity index (χ0) is 16.7. The molecule has 122 valence electrons. The molecule has 1 aromatic carbocycles. The number of aliphatic carboxylic acids is 1. The second-order valence-corrected chi connectivity index (χ2v) is 5.93. The number of carbonyl (C=O) groups excluding carboxylic acids is 1. The van der Waals surface area contributed by atoms with Crippen molar-refractivity contribution in [1.82, 2.24) is 10.3 Å². The molecule has 3 N–H and O–H groups in total. The molecule has 0 aliphatic heterocycles. The van der Waals surface area contributed by atoms with E-state index < -0.39 is 12.0 Å². The first kappa shape index (κ1) is 16.9. The first-order chi connectivity index (χ1) is 11.0. The minimum absolute atomic E-state index is 0.00924. The van der Waals surface area contributed by atoms with E-state index in [4.69, 9.17) is 5.11 Å². The van der Waals surface area contributed by atoms with Crippen molar-refractivity contribution in [2.24, 2.45) is 0 Å². The maximum absolute atomic E-state index is 13.1. The highest BCUT2D eigenvalue weighted by Crippen LogP contribution is 2.21. The summed E-state index contributed by atoms with van der Waals surface area (Å²) in [6.45, 7) is 0.277. The number of aromatic nitrogens is 1. The number of hydrogen-bond donors (Lipinski definition) is 3. The molecular weight excluding hydrogens is 321 g/mol. The Labute approximate surface area is 136 Å². The van der Waals surface area contributed by atoms with Crippen LogP contribution in [-0.4, -0.2) is 28.6 Å². The molecule has 2 amide bonds. The number of halogens is 1. The third-order valence-electron chi connectivity index (χ3n) is 2.89. The highest BCUT2D eigenvalue weighted by molar-refractivity contribution is 7.15. The molecule has 0 fully saturated rings. The SMILES string of the molecule is O=C(O)CCCNC(=O)Nc1ncc(Cc2cccc(F)c2)s1. The van der Waals surface area contributed by atoms with E-state index in [9.17, 15) is 14.0 Å². The molecule has 0 spiro atoms. The molecule has 23 heavy (non-hydrogen) atoms. The second-order valence-electron chi connectivity index (χ2n) is 4.82. The van der Waals surface area contributed by atoms with Crippen LogP contribution in [0.5, 0.6) is 0 Å². The molecular formula is C15H16FN3O3S. The van der Waals surface area contributed by atoms with Crippen molar-refractivity contribution < 1.29 is 19.1 Å². The topological polar surface area (TPSA) is 91.3 Å². The lowest BCUT2D eigenvalue weighted by Gasteiger charge is -2.03. The first-order valence-electron chi connectivity index (χ1n) is 6.99. The van der Waals surface area contributed by atoms with Gasteiger partial charge >= 0.3 is 12.0 Å². The number of amides is 2. The van der Waals surface area contributed by atoms with Crippen LogP contribution in [0.1, 0.15) is 23.3 Å². The number of nitrogens with one attached hydrogen (secondary N) is 2. The Balaban J connectivity index is 1.80. The van der Waals surface area contributed by atoms with Gasteiger partial charge in [0.05, 0.1) is 0 Å². The summed E-state index contributed by atoms with van der Waals surface area (Å²) < 4.78 is 13.1. The van der Waals surface area contributed by atoms with E-state index in [2.05, 4.69) is 15.6 Å². The number of rotatable bonds is 7. The lowest BCUT2D eigenvalue weighted by atomic mass is 10.1. The largest absolute Gasteiger partial charge is 0.481 e. The van der Waals surface area contributed by atoms with E-state index in [1.54, 1.807) is 12.3 Å². The molecule has 0 aliphatic rings. The van der Waals surface area contributed by atoms with E-state index >= 15 is 0 Å². The van der Waals surface area contributed by atoms with Gasteiger partial charge in [0, 0.05) is 30.5 Å². The number of anilines is 1. The predicted molar refractivity (Wildman–Crippen MR) is 85.2 cm³/mol. The maximum atomic E-state index is 13.1. The molecule has 0 bridgehead atoms. The zero-order valence-electron chi connectivity index (χ0n) is 12.2. The molecule has 0 aliphatic carbocycles. The molecule has 2 rings (SSSR count). The number of hydrogen-bond acceptors (Lipinski definition) is 4. The smallest absolute Gasteiger partial charge is 0.321 e. The molecule has 2 aromatic rings. The Morgan fingerprint density at radius 2 is 2.17 bits per heavy atom. The van der Waals surface area contributed by atoms with E-state index in [0.717, 1.165) is 10.4 Å². The quantitative estimate of drug-likeness (QED) is 0.678. The number of carboxylic acid groups (broad SMARTS) is 1. The van der Waals surface area contributed by atoms with Gasteiger partial charge < -0.3 is 10.4 Å². The molecule has 0 unspecified atom stereocenters. The fraction of sp³-hybridized carbons (Fsp3) is 0.267. The number of carbonyl (C=O) groups is 2. The Bertz CT molecular complexity index is 690. The van der Waals surface area contributed by atoms with Gasteiger partial charge in [0.15, 0.2) is 5.13 Å². The van der Waals surface area contributed by atoms with Crippen molar-refractivity contribution in [3.05, 3.63) is 46.7 Å². The first-order valence-corrected chi connectivity index (χ1v) is 7.80. The highest BCUT2D eigenvalue weighted by atomic mass is 32.1. The lowest BCUT2D eigenvalue weighted by Crippen LogP contribution is -2.29. The van der Waals surface area contributed by atoms with Gasteiger partial charge in [0.25, 0.3) is 0 Å². The van der Waals surface area contributed by atoms with Crippen molar-refractivity contribution in [1.29, 1.82) is 0 Å². The van der Waals surface area contributed by atoms with Crippen molar-refractivity contribution in [2.45, 2.75) is 19.3 Å². The molecule has 8 heteroatoms. The van der Waals surface area contributed by atoms with Crippen LogP contribution in [0.25, 0.3) is 0 Å². The summed E-state index contributed by atoms with van der Waals surface area (Å²) in [5.74, 6) is -1.18. The summed E-state index contributed by atoms with van der Waals surface area (Å²) >= 11 is 1.31. The van der Waals surface area contributed by atoms with Crippen molar-refractivity contribution in [3.63, 3.8) is 0 Å². The second kappa shape index (κ2) is 8.23. The average Bonchev–Trinajstić information content (AvgIpc) is 2.90. The van der Waals surface area contributed by atoms with Crippen LogP contribution in [0, 0.1) is 5.82 Å². The van der Waals surface area contributed by atoms with Gasteiger partial charge in [0.2, 0.25) is 0 Å².